The number of nitrogens with zero attached hydrogens (tertiary/aromatic N) is 3. The first-order valence-electron chi connectivity index (χ1n) is 21.2. The average Bonchev–Trinajstić information content (AvgIpc) is 3.87. The topological polar surface area (TPSA) is 22.8 Å². The van der Waals surface area contributed by atoms with E-state index in [1.165, 1.54) is 60.3 Å². The highest BCUT2D eigenvalue weighted by molar-refractivity contribution is 6.12. The van der Waals surface area contributed by atoms with Crippen LogP contribution in [0.2, 0.25) is 0 Å². The second-order valence-corrected chi connectivity index (χ2v) is 16.0. The fourth-order valence-electron chi connectivity index (χ4n) is 9.33. The maximum Gasteiger partial charge on any atom is 0.0715 e. The lowest BCUT2D eigenvalue weighted by molar-refractivity contribution is 1.18. The van der Waals surface area contributed by atoms with Crippen molar-refractivity contribution in [1.29, 1.82) is 0 Å². The second kappa shape index (κ2) is 14.8. The van der Waals surface area contributed by atoms with E-state index >= 15 is 0 Å². The highest BCUT2D eigenvalue weighted by atomic mass is 15.0. The van der Waals surface area contributed by atoms with Gasteiger partial charge >= 0.3 is 0 Å². The molecule has 290 valence electrons. The van der Waals surface area contributed by atoms with Gasteiger partial charge < -0.3 is 9.13 Å². The van der Waals surface area contributed by atoms with E-state index in [1.54, 1.807) is 0 Å². The zero-order valence-electron chi connectivity index (χ0n) is 33.9. The minimum Gasteiger partial charge on any atom is -0.309 e. The van der Waals surface area contributed by atoms with Crippen LogP contribution in [0, 0.1) is 0 Å². The highest BCUT2D eigenvalue weighted by Gasteiger charge is 2.17. The van der Waals surface area contributed by atoms with Crippen LogP contribution >= 0.6 is 0 Å². The quantitative estimate of drug-likeness (QED) is 0.158. The van der Waals surface area contributed by atoms with Gasteiger partial charge in [0.1, 0.15) is 0 Å². The van der Waals surface area contributed by atoms with E-state index in [9.17, 15) is 0 Å². The van der Waals surface area contributed by atoms with Crippen LogP contribution in [0.1, 0.15) is 0 Å². The molecule has 0 atom stereocenters. The summed E-state index contributed by atoms with van der Waals surface area (Å²) in [4.78, 5) is 5.20. The molecule has 0 bridgehead atoms. The molecule has 0 N–H and O–H groups in total. The van der Waals surface area contributed by atoms with Crippen LogP contribution in [-0.2, 0) is 0 Å². The molecule has 0 aliphatic carbocycles. The van der Waals surface area contributed by atoms with Gasteiger partial charge in [-0.2, -0.15) is 0 Å². The molecule has 0 radical (unpaired) electrons. The van der Waals surface area contributed by atoms with Crippen molar-refractivity contribution in [2.24, 2.45) is 0 Å². The molecule has 0 saturated carbocycles. The molecule has 0 spiro atoms. The van der Waals surface area contributed by atoms with Crippen molar-refractivity contribution in [3.63, 3.8) is 0 Å². The van der Waals surface area contributed by atoms with Gasteiger partial charge in [-0.1, -0.05) is 164 Å². The largest absolute Gasteiger partial charge is 0.309 e. The van der Waals surface area contributed by atoms with E-state index in [4.69, 9.17) is 4.98 Å². The second-order valence-electron chi connectivity index (χ2n) is 16.0. The Morgan fingerprint density at radius 1 is 0.226 bits per heavy atom. The van der Waals surface area contributed by atoms with Crippen molar-refractivity contribution < 1.29 is 0 Å². The number of fused-ring (bicyclic) bond motifs is 6. The van der Waals surface area contributed by atoms with Gasteiger partial charge in [0.15, 0.2) is 0 Å². The summed E-state index contributed by atoms with van der Waals surface area (Å²) >= 11 is 0. The summed E-state index contributed by atoms with van der Waals surface area (Å²) in [5.41, 5.74) is 18.2. The van der Waals surface area contributed by atoms with Crippen molar-refractivity contribution in [2.45, 2.75) is 0 Å². The molecule has 62 heavy (non-hydrogen) atoms. The van der Waals surface area contributed by atoms with Gasteiger partial charge in [-0.05, 0) is 106 Å². The molecule has 9 aromatic carbocycles. The first kappa shape index (κ1) is 35.7. The molecular weight excluding hydrogens is 751 g/mol. The predicted octanol–water partition coefficient (Wildman–Crippen LogP) is 15.6. The number of pyridine rings is 1. The minimum atomic E-state index is 0.951. The molecule has 12 aromatic rings. The Morgan fingerprint density at radius 2 is 0.677 bits per heavy atom. The summed E-state index contributed by atoms with van der Waals surface area (Å²) in [5.74, 6) is 0. The van der Waals surface area contributed by atoms with Crippen molar-refractivity contribution in [3.8, 4) is 67.3 Å². The van der Waals surface area contributed by atoms with Crippen molar-refractivity contribution in [1.82, 2.24) is 14.1 Å². The molecule has 0 fully saturated rings. The first-order valence-corrected chi connectivity index (χ1v) is 21.2. The Morgan fingerprint density at radius 3 is 1.40 bits per heavy atom. The molecule has 3 nitrogen and oxygen atoms in total. The van der Waals surface area contributed by atoms with Crippen LogP contribution in [0.25, 0.3) is 111 Å². The Balaban J connectivity index is 0.917. The fraction of sp³-hybridized carbons (Fsp3) is 0. The minimum absolute atomic E-state index is 0.951. The Labute approximate surface area is 360 Å². The molecule has 0 aliphatic rings. The van der Waals surface area contributed by atoms with E-state index < -0.39 is 0 Å². The van der Waals surface area contributed by atoms with Crippen LogP contribution < -0.4 is 0 Å². The number of hydrogen-bond acceptors (Lipinski definition) is 1. The zero-order chi connectivity index (χ0) is 41.0. The van der Waals surface area contributed by atoms with E-state index in [-0.39, 0.29) is 0 Å². The average molecular weight is 790 g/mol. The van der Waals surface area contributed by atoms with Crippen LogP contribution in [0.4, 0.5) is 0 Å². The van der Waals surface area contributed by atoms with Gasteiger partial charge in [-0.25, -0.2) is 4.98 Å². The molecule has 0 saturated heterocycles. The molecule has 3 heteroatoms. The smallest absolute Gasteiger partial charge is 0.0715 e. The third-order valence-electron chi connectivity index (χ3n) is 12.3. The summed E-state index contributed by atoms with van der Waals surface area (Å²) in [6, 6.07) is 85.2. The molecule has 0 unspecified atom stereocenters. The Bertz CT molecular complexity index is 3540. The normalized spacial score (nSPS) is 11.5. The lowest BCUT2D eigenvalue weighted by atomic mass is 9.98. The van der Waals surface area contributed by atoms with Crippen LogP contribution in [0.5, 0.6) is 0 Å². The Kier molecular flexibility index (Phi) is 8.50. The monoisotopic (exact) mass is 789 g/mol. The van der Waals surface area contributed by atoms with Crippen LogP contribution in [0.3, 0.4) is 0 Å². The summed E-state index contributed by atoms with van der Waals surface area (Å²) in [5, 5.41) is 4.99. The van der Waals surface area contributed by atoms with Gasteiger partial charge in [0, 0.05) is 44.0 Å². The van der Waals surface area contributed by atoms with Gasteiger partial charge in [0.05, 0.1) is 33.5 Å². The van der Waals surface area contributed by atoms with Gasteiger partial charge in [-0.3, -0.25) is 0 Å². The fourth-order valence-corrected chi connectivity index (χ4v) is 9.33. The predicted molar refractivity (Wildman–Crippen MR) is 260 cm³/mol. The highest BCUT2D eigenvalue weighted by Crippen LogP contribution is 2.39. The summed E-state index contributed by atoms with van der Waals surface area (Å²) in [7, 11) is 0. The number of aromatic nitrogens is 3. The Hall–Kier alpha value is -8.27. The molecule has 12 rings (SSSR count). The molecular formula is C59H39N3. The van der Waals surface area contributed by atoms with Gasteiger partial charge in [-0.15, -0.1) is 0 Å². The lowest BCUT2D eigenvalue weighted by Gasteiger charge is -2.12. The maximum absolute atomic E-state index is 5.20. The maximum atomic E-state index is 5.20. The van der Waals surface area contributed by atoms with Crippen LogP contribution in [0.15, 0.2) is 237 Å². The summed E-state index contributed by atoms with van der Waals surface area (Å²) in [6.45, 7) is 0. The molecule has 0 aliphatic heterocycles. The third-order valence-corrected chi connectivity index (χ3v) is 12.3. The number of benzene rings is 9. The lowest BCUT2D eigenvalue weighted by Crippen LogP contribution is -1.94. The number of rotatable bonds is 7. The SMILES string of the molecule is c1ccc(-c2cc(-c3ccccc3)nc(-c3cccc(-c4ccc(-n5c6ccccc6c6cc(-c7ccc8c9ccccc9n(-c9ccccc9)c8c7)ccc65)cc4)c3)c2)cc1. The van der Waals surface area contributed by atoms with E-state index in [2.05, 4.69) is 240 Å². The standard InChI is InChI=1S/C59H39N3/c1-4-15-40(16-5-1)47-37-54(42-17-6-2-7-18-42)60-55(38-47)46-20-14-19-43(35-46)41-27-31-49(32-28-41)61-57-26-13-11-24-51(57)53-36-44(30-34-58(53)61)45-29-33-52-50-23-10-12-25-56(50)62(59(52)39-45)48-21-8-3-9-22-48/h1-39H. The van der Waals surface area contributed by atoms with Crippen molar-refractivity contribution in [3.05, 3.63) is 237 Å². The number of hydrogen-bond donors (Lipinski definition) is 0. The first-order chi connectivity index (χ1) is 30.7. The van der Waals surface area contributed by atoms with Crippen LogP contribution in [-0.4, -0.2) is 14.1 Å². The zero-order valence-corrected chi connectivity index (χ0v) is 33.9. The van der Waals surface area contributed by atoms with Gasteiger partial charge in [0.25, 0.3) is 0 Å². The van der Waals surface area contributed by atoms with Crippen molar-refractivity contribution >= 4 is 43.6 Å². The van der Waals surface area contributed by atoms with Crippen molar-refractivity contribution in [2.75, 3.05) is 0 Å². The molecule has 3 heterocycles. The third kappa shape index (κ3) is 6.10. The van der Waals surface area contributed by atoms with E-state index in [0.717, 1.165) is 50.6 Å². The molecule has 3 aromatic heterocycles. The van der Waals surface area contributed by atoms with Gasteiger partial charge in [0.2, 0.25) is 0 Å². The van der Waals surface area contributed by atoms with E-state index in [1.807, 2.05) is 6.07 Å². The summed E-state index contributed by atoms with van der Waals surface area (Å²) < 4.78 is 4.79. The summed E-state index contributed by atoms with van der Waals surface area (Å²) in [6.07, 6.45) is 0. The van der Waals surface area contributed by atoms with E-state index in [0.29, 0.717) is 0 Å². The molecule has 0 amide bonds. The number of para-hydroxylation sites is 3.